The summed E-state index contributed by atoms with van der Waals surface area (Å²) in [5.74, 6) is 0. The van der Waals surface area contributed by atoms with Gasteiger partial charge in [-0.15, -0.1) is 0 Å². The van der Waals surface area contributed by atoms with Gasteiger partial charge in [-0.2, -0.15) is 13.2 Å². The number of halogens is 3. The smallest absolute Gasteiger partial charge is 0.166 e. The van der Waals surface area contributed by atoms with Gasteiger partial charge >= 0.3 is 6.18 Å². The van der Waals surface area contributed by atoms with Crippen LogP contribution in [0, 0.1) is 0 Å². The minimum Gasteiger partial charge on any atom is -0.166 e. The Hall–Kier alpha value is -1.25. The minimum atomic E-state index is -4.28. The molecule has 0 heterocycles. The summed E-state index contributed by atoms with van der Waals surface area (Å²) in [5, 5.41) is 0. The maximum absolute atomic E-state index is 12.7. The molecule has 1 aromatic rings. The number of allylic oxidation sites excluding steroid dienone is 2. The zero-order chi connectivity index (χ0) is 11.5. The summed E-state index contributed by atoms with van der Waals surface area (Å²) in [4.78, 5) is 0. The fourth-order valence-electron chi connectivity index (χ4n) is 1.56. The van der Waals surface area contributed by atoms with Gasteiger partial charge in [-0.3, -0.25) is 0 Å². The highest BCUT2D eigenvalue weighted by Crippen LogP contribution is 2.35. The van der Waals surface area contributed by atoms with E-state index in [-0.39, 0.29) is 5.56 Å². The molecule has 3 heteroatoms. The summed E-state index contributed by atoms with van der Waals surface area (Å²) in [6, 6.07) is 5.68. The van der Waals surface area contributed by atoms with Crippen LogP contribution in [0.15, 0.2) is 30.3 Å². The Morgan fingerprint density at radius 1 is 1.27 bits per heavy atom. The predicted molar refractivity (Wildman–Crippen MR) is 55.4 cm³/mol. The molecule has 0 aliphatic rings. The summed E-state index contributed by atoms with van der Waals surface area (Å²) in [7, 11) is 0. The normalized spacial score (nSPS) is 13.0. The standard InChI is InChI=1S/C12H13F3/c1-3-9(4-2)10-7-5-6-8-11(10)12(13,14)15/h3,5-8H,4H2,1-2H3. The first-order chi connectivity index (χ1) is 7.00. The first kappa shape index (κ1) is 11.8. The highest BCUT2D eigenvalue weighted by Gasteiger charge is 2.33. The molecule has 15 heavy (non-hydrogen) atoms. The van der Waals surface area contributed by atoms with E-state index in [9.17, 15) is 13.2 Å². The van der Waals surface area contributed by atoms with E-state index in [2.05, 4.69) is 0 Å². The molecule has 0 N–H and O–H groups in total. The third kappa shape index (κ3) is 2.61. The largest absolute Gasteiger partial charge is 0.416 e. The molecule has 0 saturated carbocycles. The second kappa shape index (κ2) is 4.51. The molecule has 0 aliphatic carbocycles. The fraction of sp³-hybridized carbons (Fsp3) is 0.333. The van der Waals surface area contributed by atoms with Crippen molar-refractivity contribution in [1.82, 2.24) is 0 Å². The van der Waals surface area contributed by atoms with Crippen molar-refractivity contribution in [3.63, 3.8) is 0 Å². The van der Waals surface area contributed by atoms with Crippen LogP contribution >= 0.6 is 0 Å². The van der Waals surface area contributed by atoms with Crippen molar-refractivity contribution in [2.45, 2.75) is 26.4 Å². The van der Waals surface area contributed by atoms with Gasteiger partial charge < -0.3 is 0 Å². The van der Waals surface area contributed by atoms with Crippen molar-refractivity contribution in [2.24, 2.45) is 0 Å². The lowest BCUT2D eigenvalue weighted by Crippen LogP contribution is -2.08. The molecule has 0 aromatic heterocycles. The molecule has 1 aromatic carbocycles. The monoisotopic (exact) mass is 214 g/mol. The molecule has 82 valence electrons. The van der Waals surface area contributed by atoms with Crippen LogP contribution in [0.5, 0.6) is 0 Å². The number of benzene rings is 1. The average Bonchev–Trinajstić information content (AvgIpc) is 2.19. The number of alkyl halides is 3. The molecule has 0 fully saturated rings. The van der Waals surface area contributed by atoms with Gasteiger partial charge in [0.25, 0.3) is 0 Å². The Labute approximate surface area is 87.4 Å². The van der Waals surface area contributed by atoms with Gasteiger partial charge in [0.15, 0.2) is 0 Å². The van der Waals surface area contributed by atoms with Gasteiger partial charge in [0.2, 0.25) is 0 Å². The van der Waals surface area contributed by atoms with Crippen LogP contribution in [0.3, 0.4) is 0 Å². The summed E-state index contributed by atoms with van der Waals surface area (Å²) in [6.07, 6.45) is -1.95. The Morgan fingerprint density at radius 2 is 1.87 bits per heavy atom. The van der Waals surface area contributed by atoms with Gasteiger partial charge in [-0.1, -0.05) is 31.2 Å². The number of hydrogen-bond acceptors (Lipinski definition) is 0. The van der Waals surface area contributed by atoms with E-state index in [1.807, 2.05) is 6.92 Å². The molecule has 1 rings (SSSR count). The van der Waals surface area contributed by atoms with E-state index < -0.39 is 11.7 Å². The zero-order valence-corrected chi connectivity index (χ0v) is 8.73. The van der Waals surface area contributed by atoms with E-state index in [1.165, 1.54) is 12.1 Å². The summed E-state index contributed by atoms with van der Waals surface area (Å²) >= 11 is 0. The van der Waals surface area contributed by atoms with Crippen molar-refractivity contribution in [2.75, 3.05) is 0 Å². The van der Waals surface area contributed by atoms with Crippen molar-refractivity contribution in [1.29, 1.82) is 0 Å². The van der Waals surface area contributed by atoms with E-state index >= 15 is 0 Å². The lowest BCUT2D eigenvalue weighted by molar-refractivity contribution is -0.137. The maximum Gasteiger partial charge on any atom is 0.416 e. The molecule has 0 unspecified atom stereocenters. The Kier molecular flexibility index (Phi) is 3.56. The van der Waals surface area contributed by atoms with E-state index in [0.29, 0.717) is 6.42 Å². The SMILES string of the molecule is CC=C(CC)c1ccccc1C(F)(F)F. The predicted octanol–water partition coefficient (Wildman–Crippen LogP) is 4.52. The van der Waals surface area contributed by atoms with Crippen LogP contribution in [-0.4, -0.2) is 0 Å². The summed E-state index contributed by atoms with van der Waals surface area (Å²) in [6.45, 7) is 3.61. The quantitative estimate of drug-likeness (QED) is 0.679. The van der Waals surface area contributed by atoms with Crippen molar-refractivity contribution < 1.29 is 13.2 Å². The van der Waals surface area contributed by atoms with E-state index in [4.69, 9.17) is 0 Å². The topological polar surface area (TPSA) is 0 Å². The molecule has 0 atom stereocenters. The fourth-order valence-corrected chi connectivity index (χ4v) is 1.56. The van der Waals surface area contributed by atoms with Gasteiger partial charge in [0.05, 0.1) is 5.56 Å². The Bertz CT molecular complexity index is 361. The first-order valence-electron chi connectivity index (χ1n) is 4.82. The molecule has 0 saturated heterocycles. The zero-order valence-electron chi connectivity index (χ0n) is 8.73. The maximum atomic E-state index is 12.7. The molecule has 0 amide bonds. The van der Waals surface area contributed by atoms with Gasteiger partial charge in [0, 0.05) is 0 Å². The van der Waals surface area contributed by atoms with Crippen LogP contribution in [0.2, 0.25) is 0 Å². The molecule has 0 nitrogen and oxygen atoms in total. The van der Waals surface area contributed by atoms with Crippen LogP contribution < -0.4 is 0 Å². The number of rotatable bonds is 2. The lowest BCUT2D eigenvalue weighted by Gasteiger charge is -2.13. The molecular formula is C12H13F3. The minimum absolute atomic E-state index is 0.287. The molecule has 0 spiro atoms. The molecule has 0 aliphatic heterocycles. The highest BCUT2D eigenvalue weighted by molar-refractivity contribution is 5.68. The second-order valence-corrected chi connectivity index (χ2v) is 3.21. The van der Waals surface area contributed by atoms with E-state index in [0.717, 1.165) is 11.6 Å². The summed E-state index contributed by atoms with van der Waals surface area (Å²) < 4.78 is 38.0. The van der Waals surface area contributed by atoms with Crippen LogP contribution in [0.4, 0.5) is 13.2 Å². The summed E-state index contributed by atoms with van der Waals surface area (Å²) in [5.41, 5.74) is 0.456. The van der Waals surface area contributed by atoms with Crippen molar-refractivity contribution in [3.8, 4) is 0 Å². The van der Waals surface area contributed by atoms with Crippen LogP contribution in [0.1, 0.15) is 31.4 Å². The van der Waals surface area contributed by atoms with E-state index in [1.54, 1.807) is 19.1 Å². The van der Waals surface area contributed by atoms with Crippen molar-refractivity contribution in [3.05, 3.63) is 41.5 Å². The molecular weight excluding hydrogens is 201 g/mol. The Balaban J connectivity index is 3.30. The lowest BCUT2D eigenvalue weighted by atomic mass is 9.97. The molecule has 0 radical (unpaired) electrons. The Morgan fingerprint density at radius 3 is 2.33 bits per heavy atom. The second-order valence-electron chi connectivity index (χ2n) is 3.21. The highest BCUT2D eigenvalue weighted by atomic mass is 19.4. The van der Waals surface area contributed by atoms with Gasteiger partial charge in [0.1, 0.15) is 0 Å². The van der Waals surface area contributed by atoms with Gasteiger partial charge in [-0.05, 0) is 30.5 Å². The first-order valence-corrected chi connectivity index (χ1v) is 4.82. The van der Waals surface area contributed by atoms with Gasteiger partial charge in [-0.25, -0.2) is 0 Å². The van der Waals surface area contributed by atoms with Crippen LogP contribution in [-0.2, 0) is 6.18 Å². The molecule has 0 bridgehead atoms. The third-order valence-electron chi connectivity index (χ3n) is 2.31. The van der Waals surface area contributed by atoms with Crippen molar-refractivity contribution >= 4 is 5.57 Å². The van der Waals surface area contributed by atoms with Crippen LogP contribution in [0.25, 0.3) is 5.57 Å². The average molecular weight is 214 g/mol. The third-order valence-corrected chi connectivity index (χ3v) is 2.31. The number of hydrogen-bond donors (Lipinski definition) is 0.